The number of anilines is 1. The molecule has 1 heterocycles. The number of aromatic nitrogens is 2. The molecule has 1 aromatic heterocycles. The van der Waals surface area contributed by atoms with Crippen LogP contribution < -0.4 is 10.1 Å². The monoisotopic (exact) mass is 312 g/mol. The number of rotatable bonds is 6. The van der Waals surface area contributed by atoms with Gasteiger partial charge in [-0.3, -0.25) is 10.1 Å². The number of nitro benzene ring substituents is 1. The third kappa shape index (κ3) is 3.82. The topological polar surface area (TPSA) is 103 Å². The van der Waals surface area contributed by atoms with Crippen molar-refractivity contribution in [3.63, 3.8) is 0 Å². The first kappa shape index (κ1) is 15.0. The van der Waals surface area contributed by atoms with E-state index in [0.717, 1.165) is 0 Å². The fourth-order valence-corrected chi connectivity index (χ4v) is 1.79. The Hall–Kier alpha value is -2.35. The number of benzene rings is 1. The highest BCUT2D eigenvalue weighted by Gasteiger charge is 2.16. The van der Waals surface area contributed by atoms with Gasteiger partial charge in [0.05, 0.1) is 11.5 Å². The van der Waals surface area contributed by atoms with E-state index in [1.54, 1.807) is 26.0 Å². The van der Waals surface area contributed by atoms with E-state index in [1.165, 1.54) is 6.07 Å². The van der Waals surface area contributed by atoms with Gasteiger partial charge in [0.2, 0.25) is 0 Å². The van der Waals surface area contributed by atoms with Gasteiger partial charge in [-0.1, -0.05) is 16.8 Å². The van der Waals surface area contributed by atoms with Gasteiger partial charge >= 0.3 is 0 Å². The largest absolute Gasteiger partial charge is 0.469 e. The molecular weight excluding hydrogens is 300 g/mol. The Balaban J connectivity index is 2.00. The van der Waals surface area contributed by atoms with Gasteiger partial charge in [0.1, 0.15) is 17.5 Å². The molecule has 112 valence electrons. The second-order valence-corrected chi connectivity index (χ2v) is 4.82. The van der Waals surface area contributed by atoms with Crippen LogP contribution in [0.5, 0.6) is 5.88 Å². The molecule has 0 saturated heterocycles. The van der Waals surface area contributed by atoms with Gasteiger partial charge in [-0.25, -0.2) is 4.63 Å². The van der Waals surface area contributed by atoms with Crippen molar-refractivity contribution in [2.45, 2.75) is 20.0 Å². The van der Waals surface area contributed by atoms with Crippen LogP contribution in [0.2, 0.25) is 5.02 Å². The lowest BCUT2D eigenvalue weighted by Gasteiger charge is -2.14. The van der Waals surface area contributed by atoms with E-state index >= 15 is 0 Å². The number of nitro groups is 1. The molecule has 1 N–H and O–H groups in total. The molecule has 0 spiro atoms. The maximum Gasteiger partial charge on any atom is 0.293 e. The van der Waals surface area contributed by atoms with Crippen LogP contribution in [-0.2, 0) is 0 Å². The summed E-state index contributed by atoms with van der Waals surface area (Å²) in [4.78, 5) is 10.5. The van der Waals surface area contributed by atoms with Gasteiger partial charge < -0.3 is 10.1 Å². The van der Waals surface area contributed by atoms with Gasteiger partial charge in [0, 0.05) is 11.1 Å². The van der Waals surface area contributed by atoms with Crippen molar-refractivity contribution in [2.24, 2.45) is 0 Å². The maximum absolute atomic E-state index is 11.0. The van der Waals surface area contributed by atoms with E-state index in [4.69, 9.17) is 16.3 Å². The van der Waals surface area contributed by atoms with Crippen LogP contribution in [0.15, 0.2) is 22.8 Å². The number of ether oxygens (including phenoxy) is 1. The number of nitrogens with zero attached hydrogens (tertiary/aromatic N) is 3. The molecule has 2 aromatic rings. The molecule has 0 bridgehead atoms. The quantitative estimate of drug-likeness (QED) is 0.646. The molecule has 9 heteroatoms. The highest BCUT2D eigenvalue weighted by molar-refractivity contribution is 6.30. The SMILES string of the molecule is Cc1nonc1O[C@H](C)CNc1ccc(Cl)cc1[N+](=O)[O-]. The Morgan fingerprint density at radius 3 is 2.90 bits per heavy atom. The van der Waals surface area contributed by atoms with E-state index in [9.17, 15) is 10.1 Å². The normalized spacial score (nSPS) is 12.0. The summed E-state index contributed by atoms with van der Waals surface area (Å²) < 4.78 is 10.0. The second kappa shape index (κ2) is 6.40. The van der Waals surface area contributed by atoms with Crippen LogP contribution in [0.4, 0.5) is 11.4 Å². The summed E-state index contributed by atoms with van der Waals surface area (Å²) >= 11 is 5.75. The second-order valence-electron chi connectivity index (χ2n) is 4.38. The molecular formula is C12H13ClN4O4. The predicted molar refractivity (Wildman–Crippen MR) is 75.7 cm³/mol. The van der Waals surface area contributed by atoms with Crippen molar-refractivity contribution in [3.05, 3.63) is 39.0 Å². The Morgan fingerprint density at radius 2 is 2.29 bits per heavy atom. The average Bonchev–Trinajstić information content (AvgIpc) is 2.82. The number of aryl methyl sites for hydroxylation is 1. The van der Waals surface area contributed by atoms with Crippen molar-refractivity contribution >= 4 is 23.0 Å². The molecule has 8 nitrogen and oxygen atoms in total. The summed E-state index contributed by atoms with van der Waals surface area (Å²) in [7, 11) is 0. The Bertz CT molecular complexity index is 646. The molecule has 0 aliphatic rings. The van der Waals surface area contributed by atoms with E-state index < -0.39 is 4.92 Å². The van der Waals surface area contributed by atoms with Gasteiger partial charge in [0.15, 0.2) is 0 Å². The lowest BCUT2D eigenvalue weighted by molar-refractivity contribution is -0.383. The Kier molecular flexibility index (Phi) is 4.59. The third-order valence-corrected chi connectivity index (χ3v) is 2.90. The molecule has 21 heavy (non-hydrogen) atoms. The summed E-state index contributed by atoms with van der Waals surface area (Å²) in [5.41, 5.74) is 0.822. The van der Waals surface area contributed by atoms with Crippen LogP contribution in [0.25, 0.3) is 0 Å². The van der Waals surface area contributed by atoms with Gasteiger partial charge in [-0.15, -0.1) is 0 Å². The highest BCUT2D eigenvalue weighted by atomic mass is 35.5. The molecule has 0 aliphatic heterocycles. The van der Waals surface area contributed by atoms with E-state index in [2.05, 4.69) is 20.3 Å². The Labute approximate surface area is 125 Å². The smallest absolute Gasteiger partial charge is 0.293 e. The molecule has 0 radical (unpaired) electrons. The van der Waals surface area contributed by atoms with Gasteiger partial charge in [0.25, 0.3) is 11.6 Å². The average molecular weight is 313 g/mol. The maximum atomic E-state index is 11.0. The van der Waals surface area contributed by atoms with Crippen molar-refractivity contribution < 1.29 is 14.3 Å². The number of halogens is 1. The number of nitrogens with one attached hydrogen (secondary N) is 1. The highest BCUT2D eigenvalue weighted by Crippen LogP contribution is 2.27. The standard InChI is InChI=1S/C12H13ClN4O4/c1-7(20-12-8(2)15-21-16-12)6-14-10-4-3-9(13)5-11(10)17(18)19/h3-5,7,14H,6H2,1-2H3/t7-/m1/s1. The van der Waals surface area contributed by atoms with Crippen molar-refractivity contribution in [2.75, 3.05) is 11.9 Å². The van der Waals surface area contributed by atoms with E-state index in [1.807, 2.05) is 0 Å². The fourth-order valence-electron chi connectivity index (χ4n) is 1.62. The molecule has 0 amide bonds. The minimum Gasteiger partial charge on any atom is -0.469 e. The fraction of sp³-hybridized carbons (Fsp3) is 0.333. The minimum atomic E-state index is -0.495. The first-order chi connectivity index (χ1) is 9.97. The van der Waals surface area contributed by atoms with Crippen LogP contribution in [0.1, 0.15) is 12.6 Å². The summed E-state index contributed by atoms with van der Waals surface area (Å²) in [5.74, 6) is 0.301. The summed E-state index contributed by atoms with van der Waals surface area (Å²) in [6, 6.07) is 4.42. The summed E-state index contributed by atoms with van der Waals surface area (Å²) in [6.07, 6.45) is -0.286. The zero-order chi connectivity index (χ0) is 15.4. The van der Waals surface area contributed by atoms with Crippen molar-refractivity contribution in [1.82, 2.24) is 10.3 Å². The van der Waals surface area contributed by atoms with E-state index in [0.29, 0.717) is 28.8 Å². The predicted octanol–water partition coefficient (Wildman–Crippen LogP) is 2.82. The minimum absolute atomic E-state index is 0.0889. The number of hydrogen-bond acceptors (Lipinski definition) is 7. The van der Waals surface area contributed by atoms with Crippen LogP contribution in [-0.4, -0.2) is 27.9 Å². The molecule has 0 unspecified atom stereocenters. The Morgan fingerprint density at radius 1 is 1.52 bits per heavy atom. The van der Waals surface area contributed by atoms with Crippen LogP contribution in [0, 0.1) is 17.0 Å². The molecule has 1 atom stereocenters. The number of hydrogen-bond donors (Lipinski definition) is 1. The molecule has 0 saturated carbocycles. The summed E-state index contributed by atoms with van der Waals surface area (Å²) in [6.45, 7) is 3.84. The first-order valence-corrected chi connectivity index (χ1v) is 6.49. The summed E-state index contributed by atoms with van der Waals surface area (Å²) in [5, 5.41) is 21.4. The van der Waals surface area contributed by atoms with Crippen molar-refractivity contribution in [1.29, 1.82) is 0 Å². The van der Waals surface area contributed by atoms with Crippen LogP contribution >= 0.6 is 11.6 Å². The van der Waals surface area contributed by atoms with Crippen molar-refractivity contribution in [3.8, 4) is 5.88 Å². The third-order valence-electron chi connectivity index (χ3n) is 2.66. The molecule has 0 fully saturated rings. The van der Waals surface area contributed by atoms with Crippen LogP contribution in [0.3, 0.4) is 0 Å². The molecule has 2 rings (SSSR count). The van der Waals surface area contributed by atoms with E-state index in [-0.39, 0.29) is 11.8 Å². The lowest BCUT2D eigenvalue weighted by Crippen LogP contribution is -2.23. The molecule has 0 aliphatic carbocycles. The zero-order valence-corrected chi connectivity index (χ0v) is 12.1. The molecule has 1 aromatic carbocycles. The van der Waals surface area contributed by atoms with Gasteiger partial charge in [-0.2, -0.15) is 0 Å². The zero-order valence-electron chi connectivity index (χ0n) is 11.4. The first-order valence-electron chi connectivity index (χ1n) is 6.11. The lowest BCUT2D eigenvalue weighted by atomic mass is 10.2. The van der Waals surface area contributed by atoms with Gasteiger partial charge in [-0.05, 0) is 31.1 Å².